The van der Waals surface area contributed by atoms with E-state index in [2.05, 4.69) is 50.4 Å². The topological polar surface area (TPSA) is 12.0 Å². The van der Waals surface area contributed by atoms with Gasteiger partial charge >= 0.3 is 0 Å². The lowest BCUT2D eigenvalue weighted by atomic mass is 10.1. The van der Waals surface area contributed by atoms with Crippen molar-refractivity contribution in [3.8, 4) is 0 Å². The zero-order valence-electron chi connectivity index (χ0n) is 9.96. The van der Waals surface area contributed by atoms with E-state index in [1.54, 1.807) is 0 Å². The highest BCUT2D eigenvalue weighted by Gasteiger charge is 2.32. The second-order valence-corrected chi connectivity index (χ2v) is 5.08. The molecule has 0 spiro atoms. The number of rotatable bonds is 4. The maximum atomic E-state index is 3.67. The SMILES string of the molecule is Cc1ccc(CC(C)NC2CC2C)cc1. The van der Waals surface area contributed by atoms with Crippen LogP contribution < -0.4 is 5.32 Å². The molecule has 3 atom stereocenters. The van der Waals surface area contributed by atoms with Crippen molar-refractivity contribution in [1.29, 1.82) is 0 Å². The Kier molecular flexibility index (Phi) is 3.11. The summed E-state index contributed by atoms with van der Waals surface area (Å²) in [7, 11) is 0. The van der Waals surface area contributed by atoms with Crippen molar-refractivity contribution in [2.75, 3.05) is 0 Å². The molecule has 0 radical (unpaired) electrons. The minimum absolute atomic E-state index is 0.600. The molecule has 1 aromatic rings. The lowest BCUT2D eigenvalue weighted by Crippen LogP contribution is -2.30. The first kappa shape index (κ1) is 10.7. The molecule has 0 heterocycles. The Balaban J connectivity index is 1.82. The largest absolute Gasteiger partial charge is 0.311 e. The molecule has 0 aliphatic heterocycles. The van der Waals surface area contributed by atoms with E-state index in [1.165, 1.54) is 17.5 Å². The first-order chi connectivity index (χ1) is 7.15. The van der Waals surface area contributed by atoms with Crippen molar-refractivity contribution < 1.29 is 0 Å². The Bertz CT molecular complexity index is 315. The molecule has 1 aromatic carbocycles. The van der Waals surface area contributed by atoms with Crippen LogP contribution in [0.4, 0.5) is 0 Å². The average molecular weight is 203 g/mol. The molecule has 1 fully saturated rings. The Labute approximate surface area is 92.9 Å². The van der Waals surface area contributed by atoms with Gasteiger partial charge in [-0.25, -0.2) is 0 Å². The monoisotopic (exact) mass is 203 g/mol. The van der Waals surface area contributed by atoms with Crippen LogP contribution in [0.5, 0.6) is 0 Å². The Morgan fingerprint density at radius 2 is 1.93 bits per heavy atom. The number of aryl methyl sites for hydroxylation is 1. The summed E-state index contributed by atoms with van der Waals surface area (Å²) in [4.78, 5) is 0. The summed E-state index contributed by atoms with van der Waals surface area (Å²) in [6, 6.07) is 10.3. The lowest BCUT2D eigenvalue weighted by molar-refractivity contribution is 0.527. The number of nitrogens with one attached hydrogen (secondary N) is 1. The smallest absolute Gasteiger partial charge is 0.00989 e. The van der Waals surface area contributed by atoms with Gasteiger partial charge in [0.15, 0.2) is 0 Å². The molecule has 1 heteroatoms. The summed E-state index contributed by atoms with van der Waals surface area (Å²) in [5.41, 5.74) is 2.78. The standard InChI is InChI=1S/C14H21N/c1-10-4-6-13(7-5-10)9-12(3)15-14-8-11(14)2/h4-7,11-12,14-15H,8-9H2,1-3H3. The van der Waals surface area contributed by atoms with Crippen molar-refractivity contribution in [2.45, 2.75) is 45.7 Å². The van der Waals surface area contributed by atoms with Gasteiger partial charge in [0.2, 0.25) is 0 Å². The van der Waals surface area contributed by atoms with Gasteiger partial charge in [0.1, 0.15) is 0 Å². The minimum Gasteiger partial charge on any atom is -0.311 e. The molecule has 15 heavy (non-hydrogen) atoms. The molecule has 82 valence electrons. The van der Waals surface area contributed by atoms with Gasteiger partial charge in [-0.15, -0.1) is 0 Å². The first-order valence-electron chi connectivity index (χ1n) is 5.97. The maximum absolute atomic E-state index is 3.67. The third kappa shape index (κ3) is 3.07. The van der Waals surface area contributed by atoms with Crippen molar-refractivity contribution in [1.82, 2.24) is 5.32 Å². The zero-order chi connectivity index (χ0) is 10.8. The van der Waals surface area contributed by atoms with E-state index in [0.29, 0.717) is 6.04 Å². The number of hydrogen-bond donors (Lipinski definition) is 1. The summed E-state index contributed by atoms with van der Waals surface area (Å²) in [6.07, 6.45) is 2.50. The molecule has 0 saturated heterocycles. The molecule has 0 bridgehead atoms. The molecule has 2 rings (SSSR count). The molecular weight excluding hydrogens is 182 g/mol. The van der Waals surface area contributed by atoms with Crippen molar-refractivity contribution >= 4 is 0 Å². The van der Waals surface area contributed by atoms with E-state index < -0.39 is 0 Å². The Hall–Kier alpha value is -0.820. The van der Waals surface area contributed by atoms with Crippen LogP contribution >= 0.6 is 0 Å². The van der Waals surface area contributed by atoms with E-state index >= 15 is 0 Å². The fourth-order valence-electron chi connectivity index (χ4n) is 2.06. The van der Waals surface area contributed by atoms with Crippen LogP contribution in [0.1, 0.15) is 31.4 Å². The Morgan fingerprint density at radius 3 is 2.47 bits per heavy atom. The fraction of sp³-hybridized carbons (Fsp3) is 0.571. The van der Waals surface area contributed by atoms with Gasteiger partial charge in [0.05, 0.1) is 0 Å². The zero-order valence-corrected chi connectivity index (χ0v) is 9.96. The van der Waals surface area contributed by atoms with Crippen LogP contribution in [0.15, 0.2) is 24.3 Å². The van der Waals surface area contributed by atoms with E-state index in [-0.39, 0.29) is 0 Å². The van der Waals surface area contributed by atoms with E-state index in [9.17, 15) is 0 Å². The van der Waals surface area contributed by atoms with Gasteiger partial charge in [0.25, 0.3) is 0 Å². The van der Waals surface area contributed by atoms with Gasteiger partial charge in [-0.05, 0) is 38.2 Å². The van der Waals surface area contributed by atoms with Gasteiger partial charge in [-0.2, -0.15) is 0 Å². The van der Waals surface area contributed by atoms with E-state index in [4.69, 9.17) is 0 Å². The van der Waals surface area contributed by atoms with Crippen molar-refractivity contribution in [3.05, 3.63) is 35.4 Å². The van der Waals surface area contributed by atoms with Crippen LogP contribution in [0.2, 0.25) is 0 Å². The summed E-state index contributed by atoms with van der Waals surface area (Å²) in [6.45, 7) is 6.73. The van der Waals surface area contributed by atoms with Crippen molar-refractivity contribution in [3.63, 3.8) is 0 Å². The molecule has 3 unspecified atom stereocenters. The summed E-state index contributed by atoms with van der Waals surface area (Å²) in [5.74, 6) is 0.894. The fourth-order valence-corrected chi connectivity index (χ4v) is 2.06. The highest BCUT2D eigenvalue weighted by molar-refractivity contribution is 5.22. The highest BCUT2D eigenvalue weighted by Crippen LogP contribution is 2.29. The molecule has 0 amide bonds. The van der Waals surface area contributed by atoms with Crippen molar-refractivity contribution in [2.24, 2.45) is 5.92 Å². The van der Waals surface area contributed by atoms with Gasteiger partial charge in [0, 0.05) is 12.1 Å². The maximum Gasteiger partial charge on any atom is 0.00989 e. The molecular formula is C14H21N. The van der Waals surface area contributed by atoms with Gasteiger partial charge in [-0.1, -0.05) is 36.8 Å². The molecule has 1 nitrogen and oxygen atoms in total. The molecule has 1 N–H and O–H groups in total. The number of hydrogen-bond acceptors (Lipinski definition) is 1. The molecule has 1 aliphatic rings. The van der Waals surface area contributed by atoms with Crippen LogP contribution in [-0.4, -0.2) is 12.1 Å². The second-order valence-electron chi connectivity index (χ2n) is 5.08. The quantitative estimate of drug-likeness (QED) is 0.793. The summed E-state index contributed by atoms with van der Waals surface area (Å²) in [5, 5.41) is 3.67. The highest BCUT2D eigenvalue weighted by atomic mass is 15.0. The molecule has 1 aliphatic carbocycles. The minimum atomic E-state index is 0.600. The van der Waals surface area contributed by atoms with Crippen LogP contribution in [0.25, 0.3) is 0 Å². The normalized spacial score (nSPS) is 26.3. The summed E-state index contributed by atoms with van der Waals surface area (Å²) >= 11 is 0. The second kappa shape index (κ2) is 4.36. The average Bonchev–Trinajstić information content (AvgIpc) is 2.86. The van der Waals surface area contributed by atoms with Gasteiger partial charge in [-0.3, -0.25) is 0 Å². The van der Waals surface area contributed by atoms with Crippen LogP contribution in [0.3, 0.4) is 0 Å². The van der Waals surface area contributed by atoms with Gasteiger partial charge < -0.3 is 5.32 Å². The lowest BCUT2D eigenvalue weighted by Gasteiger charge is -2.13. The van der Waals surface area contributed by atoms with E-state index in [0.717, 1.165) is 18.4 Å². The number of benzene rings is 1. The first-order valence-corrected chi connectivity index (χ1v) is 5.97. The molecule has 1 saturated carbocycles. The van der Waals surface area contributed by atoms with Crippen LogP contribution in [0, 0.1) is 12.8 Å². The third-order valence-corrected chi connectivity index (χ3v) is 3.27. The van der Waals surface area contributed by atoms with E-state index in [1.807, 2.05) is 0 Å². The third-order valence-electron chi connectivity index (χ3n) is 3.27. The predicted octanol–water partition coefficient (Wildman–Crippen LogP) is 2.92. The summed E-state index contributed by atoms with van der Waals surface area (Å²) < 4.78 is 0. The Morgan fingerprint density at radius 1 is 1.33 bits per heavy atom. The predicted molar refractivity (Wildman–Crippen MR) is 65.0 cm³/mol. The molecule has 0 aromatic heterocycles. The van der Waals surface area contributed by atoms with Crippen LogP contribution in [-0.2, 0) is 6.42 Å².